The summed E-state index contributed by atoms with van der Waals surface area (Å²) in [6.45, 7) is 1.94. The first kappa shape index (κ1) is 15.2. The maximum Gasteiger partial charge on any atom is 0.227 e. The fourth-order valence-corrected chi connectivity index (χ4v) is 3.62. The summed E-state index contributed by atoms with van der Waals surface area (Å²) < 4.78 is 0. The highest BCUT2D eigenvalue weighted by Gasteiger charge is 2.24. The number of nitrogen functional groups attached to an aromatic ring is 1. The summed E-state index contributed by atoms with van der Waals surface area (Å²) in [7, 11) is 0. The smallest absolute Gasteiger partial charge is 0.227 e. The van der Waals surface area contributed by atoms with Crippen LogP contribution >= 0.6 is 11.8 Å². The van der Waals surface area contributed by atoms with Gasteiger partial charge in [-0.15, -0.1) is 0 Å². The van der Waals surface area contributed by atoms with Crippen molar-refractivity contribution in [1.29, 1.82) is 0 Å². The van der Waals surface area contributed by atoms with E-state index >= 15 is 0 Å². The Labute approximate surface area is 125 Å². The third-order valence-corrected chi connectivity index (χ3v) is 5.20. The first-order valence-electron chi connectivity index (χ1n) is 7.28. The molecule has 0 aliphatic heterocycles. The maximum absolute atomic E-state index is 12.4. The number of nitrogens with two attached hydrogens (primary N) is 1. The lowest BCUT2D eigenvalue weighted by atomic mass is 9.93. The molecule has 2 rings (SSSR count). The minimum atomic E-state index is -0.145. The van der Waals surface area contributed by atoms with Crippen molar-refractivity contribution in [2.45, 2.75) is 49.8 Å². The molecule has 1 aromatic carbocycles. The largest absolute Gasteiger partial charge is 0.399 e. The average molecular weight is 292 g/mol. The van der Waals surface area contributed by atoms with E-state index in [9.17, 15) is 4.79 Å². The van der Waals surface area contributed by atoms with Gasteiger partial charge in [0.25, 0.3) is 0 Å². The van der Waals surface area contributed by atoms with Gasteiger partial charge in [0.15, 0.2) is 0 Å². The van der Waals surface area contributed by atoms with E-state index in [1.54, 1.807) is 0 Å². The summed E-state index contributed by atoms with van der Waals surface area (Å²) in [6.07, 6.45) is 6.84. The summed E-state index contributed by atoms with van der Waals surface area (Å²) >= 11 is 1.92. The lowest BCUT2D eigenvalue weighted by Gasteiger charge is -2.29. The Kier molecular flexibility index (Phi) is 5.35. The van der Waals surface area contributed by atoms with E-state index in [-0.39, 0.29) is 11.8 Å². The first-order chi connectivity index (χ1) is 9.60. The fourth-order valence-electron chi connectivity index (χ4n) is 2.80. The van der Waals surface area contributed by atoms with Gasteiger partial charge in [0.05, 0.1) is 5.92 Å². The molecule has 3 nitrogen and oxygen atoms in total. The molecule has 4 heteroatoms. The van der Waals surface area contributed by atoms with E-state index < -0.39 is 0 Å². The van der Waals surface area contributed by atoms with Crippen LogP contribution in [-0.4, -0.2) is 23.5 Å². The number of thioether (sulfide) groups is 1. The van der Waals surface area contributed by atoms with Crippen LogP contribution in [0.2, 0.25) is 0 Å². The first-order valence-corrected chi connectivity index (χ1v) is 8.57. The third kappa shape index (κ3) is 3.92. The Balaban J connectivity index is 1.94. The minimum Gasteiger partial charge on any atom is -0.399 e. The maximum atomic E-state index is 12.4. The van der Waals surface area contributed by atoms with Gasteiger partial charge in [-0.2, -0.15) is 11.8 Å². The zero-order chi connectivity index (χ0) is 14.5. The molecule has 1 aromatic rings. The number of rotatable bonds is 4. The van der Waals surface area contributed by atoms with Gasteiger partial charge in [0.2, 0.25) is 5.91 Å². The van der Waals surface area contributed by atoms with E-state index in [4.69, 9.17) is 5.73 Å². The molecule has 1 fully saturated rings. The zero-order valence-electron chi connectivity index (χ0n) is 12.3. The van der Waals surface area contributed by atoms with Crippen molar-refractivity contribution in [2.24, 2.45) is 0 Å². The van der Waals surface area contributed by atoms with Crippen LogP contribution < -0.4 is 11.1 Å². The summed E-state index contributed by atoms with van der Waals surface area (Å²) in [6, 6.07) is 7.93. The van der Waals surface area contributed by atoms with E-state index in [2.05, 4.69) is 11.6 Å². The van der Waals surface area contributed by atoms with Crippen LogP contribution in [0.3, 0.4) is 0 Å². The van der Waals surface area contributed by atoms with Crippen molar-refractivity contribution < 1.29 is 4.79 Å². The van der Waals surface area contributed by atoms with E-state index in [1.165, 1.54) is 12.8 Å². The van der Waals surface area contributed by atoms with Crippen molar-refractivity contribution in [2.75, 3.05) is 12.0 Å². The molecule has 3 atom stereocenters. The Morgan fingerprint density at radius 3 is 2.95 bits per heavy atom. The molecule has 3 unspecified atom stereocenters. The number of benzene rings is 1. The van der Waals surface area contributed by atoms with Crippen molar-refractivity contribution in [1.82, 2.24) is 5.32 Å². The van der Waals surface area contributed by atoms with Crippen molar-refractivity contribution in [3.63, 3.8) is 0 Å². The Hall–Kier alpha value is -1.16. The topological polar surface area (TPSA) is 55.1 Å². The Bertz CT molecular complexity index is 464. The third-order valence-electron chi connectivity index (χ3n) is 4.11. The molecule has 0 aromatic heterocycles. The van der Waals surface area contributed by atoms with Gasteiger partial charge in [-0.25, -0.2) is 0 Å². The highest BCUT2D eigenvalue weighted by atomic mass is 32.2. The molecule has 20 heavy (non-hydrogen) atoms. The second kappa shape index (κ2) is 7.02. The zero-order valence-corrected chi connectivity index (χ0v) is 13.1. The predicted molar refractivity (Wildman–Crippen MR) is 87.0 cm³/mol. The molecule has 1 aliphatic carbocycles. The summed E-state index contributed by atoms with van der Waals surface area (Å²) in [4.78, 5) is 12.4. The highest BCUT2D eigenvalue weighted by Crippen LogP contribution is 2.27. The van der Waals surface area contributed by atoms with E-state index in [0.717, 1.165) is 18.4 Å². The number of hydrogen-bond donors (Lipinski definition) is 2. The van der Waals surface area contributed by atoms with Gasteiger partial charge >= 0.3 is 0 Å². The number of carbonyl (C=O) groups excluding carboxylic acids is 1. The van der Waals surface area contributed by atoms with Crippen LogP contribution in [0.5, 0.6) is 0 Å². The average Bonchev–Trinajstić information content (AvgIpc) is 2.46. The second-order valence-electron chi connectivity index (χ2n) is 5.62. The van der Waals surface area contributed by atoms with Gasteiger partial charge in [-0.1, -0.05) is 18.6 Å². The van der Waals surface area contributed by atoms with Gasteiger partial charge in [-0.3, -0.25) is 4.79 Å². The van der Waals surface area contributed by atoms with Crippen LogP contribution in [0.15, 0.2) is 24.3 Å². The van der Waals surface area contributed by atoms with Crippen molar-refractivity contribution >= 4 is 23.4 Å². The molecule has 0 heterocycles. The van der Waals surface area contributed by atoms with Crippen molar-refractivity contribution in [3.8, 4) is 0 Å². The number of amides is 1. The fraction of sp³-hybridized carbons (Fsp3) is 0.562. The highest BCUT2D eigenvalue weighted by molar-refractivity contribution is 7.99. The van der Waals surface area contributed by atoms with Gasteiger partial charge in [0, 0.05) is 17.0 Å². The molecule has 1 saturated carbocycles. The predicted octanol–water partition coefficient (Wildman–Crippen LogP) is 3.16. The Morgan fingerprint density at radius 2 is 2.25 bits per heavy atom. The summed E-state index contributed by atoms with van der Waals surface area (Å²) in [5, 5.41) is 3.90. The standard InChI is InChI=1S/C16H24N2OS/c1-11(12-5-3-6-13(17)9-12)16(19)18-14-7-4-8-15(10-14)20-2/h3,5-6,9,11,14-15H,4,7-8,10,17H2,1-2H3,(H,18,19). The van der Waals surface area contributed by atoms with Gasteiger partial charge in [0.1, 0.15) is 0 Å². The summed E-state index contributed by atoms with van der Waals surface area (Å²) in [5.41, 5.74) is 7.48. The number of nitrogens with one attached hydrogen (secondary N) is 1. The monoisotopic (exact) mass is 292 g/mol. The number of hydrogen-bond acceptors (Lipinski definition) is 3. The van der Waals surface area contributed by atoms with Crippen LogP contribution in [-0.2, 0) is 4.79 Å². The Morgan fingerprint density at radius 1 is 1.45 bits per heavy atom. The molecule has 0 bridgehead atoms. The van der Waals surface area contributed by atoms with Crippen LogP contribution in [0.25, 0.3) is 0 Å². The van der Waals surface area contributed by atoms with E-state index in [0.29, 0.717) is 17.0 Å². The molecule has 1 amide bonds. The SMILES string of the molecule is CSC1CCCC(NC(=O)C(C)c2cccc(N)c2)C1. The minimum absolute atomic E-state index is 0.113. The summed E-state index contributed by atoms with van der Waals surface area (Å²) in [5.74, 6) is -0.0319. The number of carbonyl (C=O) groups is 1. The number of anilines is 1. The van der Waals surface area contributed by atoms with Crippen LogP contribution in [0, 0.1) is 0 Å². The molecular formula is C16H24N2OS. The lowest BCUT2D eigenvalue weighted by molar-refractivity contribution is -0.123. The molecule has 110 valence electrons. The van der Waals surface area contributed by atoms with Crippen LogP contribution in [0.1, 0.15) is 44.1 Å². The molecule has 0 radical (unpaired) electrons. The molecule has 0 spiro atoms. The van der Waals surface area contributed by atoms with E-state index in [1.807, 2.05) is 43.0 Å². The molecule has 1 aliphatic rings. The van der Waals surface area contributed by atoms with Gasteiger partial charge in [-0.05, 0) is 50.1 Å². The van der Waals surface area contributed by atoms with Crippen molar-refractivity contribution in [3.05, 3.63) is 29.8 Å². The lowest BCUT2D eigenvalue weighted by Crippen LogP contribution is -2.41. The quantitative estimate of drug-likeness (QED) is 0.838. The molecular weight excluding hydrogens is 268 g/mol. The van der Waals surface area contributed by atoms with Gasteiger partial charge < -0.3 is 11.1 Å². The second-order valence-corrected chi connectivity index (χ2v) is 6.76. The van der Waals surface area contributed by atoms with Crippen LogP contribution in [0.4, 0.5) is 5.69 Å². The normalized spacial score (nSPS) is 24.1. The molecule has 0 saturated heterocycles. The molecule has 3 N–H and O–H groups in total.